The highest BCUT2D eigenvalue weighted by atomic mass is 79.9. The monoisotopic (exact) mass is 324 g/mol. The fraction of sp³-hybridized carbons (Fsp3) is 0.286. The Bertz CT molecular complexity index is 552. The molecule has 0 amide bonds. The van der Waals surface area contributed by atoms with Gasteiger partial charge in [-0.1, -0.05) is 18.2 Å². The van der Waals surface area contributed by atoms with E-state index >= 15 is 0 Å². The summed E-state index contributed by atoms with van der Waals surface area (Å²) in [6.45, 7) is 0.668. The van der Waals surface area contributed by atoms with Crippen LogP contribution >= 0.6 is 27.3 Å². The fourth-order valence-corrected chi connectivity index (χ4v) is 4.05. The van der Waals surface area contributed by atoms with Gasteiger partial charge in [-0.05, 0) is 39.9 Å². The fourth-order valence-electron chi connectivity index (χ4n) is 2.40. The van der Waals surface area contributed by atoms with Crippen molar-refractivity contribution in [1.82, 2.24) is 0 Å². The van der Waals surface area contributed by atoms with Crippen LogP contribution in [0, 0.1) is 0 Å². The maximum Gasteiger partial charge on any atom is 0.122 e. The van der Waals surface area contributed by atoms with Gasteiger partial charge in [0.2, 0.25) is 0 Å². The third kappa shape index (κ3) is 2.09. The molecule has 0 aliphatic carbocycles. The maximum absolute atomic E-state index is 10.6. The molecule has 0 saturated heterocycles. The standard InChI is InChI=1S/C14H13BrO2S/c15-11-6-8-18-14(11)13(16)10-5-7-17-12-4-2-1-3-9(10)12/h1-4,6,8,10,13,16H,5,7H2. The molecule has 94 valence electrons. The van der Waals surface area contributed by atoms with Crippen molar-refractivity contribution >= 4 is 27.3 Å². The first kappa shape index (κ1) is 12.2. The normalized spacial score (nSPS) is 20.0. The molecule has 0 radical (unpaired) electrons. The van der Waals surface area contributed by atoms with Gasteiger partial charge >= 0.3 is 0 Å². The van der Waals surface area contributed by atoms with Crippen LogP contribution in [0.1, 0.15) is 28.9 Å². The molecule has 1 N–H and O–H groups in total. The Labute approximate surface area is 118 Å². The number of aliphatic hydroxyl groups excluding tert-OH is 1. The Hall–Kier alpha value is -0.840. The highest BCUT2D eigenvalue weighted by molar-refractivity contribution is 9.10. The van der Waals surface area contributed by atoms with Crippen molar-refractivity contribution in [3.63, 3.8) is 0 Å². The van der Waals surface area contributed by atoms with Crippen LogP contribution in [0.5, 0.6) is 5.75 Å². The molecule has 2 atom stereocenters. The Balaban J connectivity index is 1.97. The third-order valence-electron chi connectivity index (χ3n) is 3.30. The van der Waals surface area contributed by atoms with Crippen molar-refractivity contribution in [2.45, 2.75) is 18.4 Å². The summed E-state index contributed by atoms with van der Waals surface area (Å²) in [6.07, 6.45) is 0.382. The van der Waals surface area contributed by atoms with Gasteiger partial charge in [0.25, 0.3) is 0 Å². The van der Waals surface area contributed by atoms with Gasteiger partial charge in [0.1, 0.15) is 5.75 Å². The van der Waals surface area contributed by atoms with Gasteiger partial charge < -0.3 is 9.84 Å². The number of hydrogen-bond acceptors (Lipinski definition) is 3. The van der Waals surface area contributed by atoms with Crippen LogP contribution in [0.15, 0.2) is 40.2 Å². The lowest BCUT2D eigenvalue weighted by molar-refractivity contribution is 0.120. The Morgan fingerprint density at radius 1 is 1.33 bits per heavy atom. The summed E-state index contributed by atoms with van der Waals surface area (Å²) < 4.78 is 6.62. The molecule has 1 aromatic carbocycles. The number of fused-ring (bicyclic) bond motifs is 1. The smallest absolute Gasteiger partial charge is 0.122 e. The predicted octanol–water partition coefficient (Wildman–Crippen LogP) is 4.11. The zero-order valence-corrected chi connectivity index (χ0v) is 12.1. The average Bonchev–Trinajstić information content (AvgIpc) is 2.83. The second kappa shape index (κ2) is 5.03. The van der Waals surface area contributed by atoms with Crippen LogP contribution in [-0.2, 0) is 0 Å². The molecule has 1 aliphatic heterocycles. The molecule has 1 aliphatic rings. The average molecular weight is 325 g/mol. The Kier molecular flexibility index (Phi) is 3.41. The van der Waals surface area contributed by atoms with Crippen molar-refractivity contribution in [2.24, 2.45) is 0 Å². The van der Waals surface area contributed by atoms with E-state index in [0.29, 0.717) is 6.61 Å². The molecule has 0 spiro atoms. The molecule has 0 saturated carbocycles. The van der Waals surface area contributed by atoms with E-state index in [1.165, 1.54) is 0 Å². The summed E-state index contributed by atoms with van der Waals surface area (Å²) in [6, 6.07) is 9.96. The molecular weight excluding hydrogens is 312 g/mol. The van der Waals surface area contributed by atoms with E-state index in [1.807, 2.05) is 35.7 Å². The zero-order valence-electron chi connectivity index (χ0n) is 9.67. The lowest BCUT2D eigenvalue weighted by Gasteiger charge is -2.29. The van der Waals surface area contributed by atoms with E-state index in [-0.39, 0.29) is 5.92 Å². The minimum absolute atomic E-state index is 0.116. The van der Waals surface area contributed by atoms with E-state index in [1.54, 1.807) is 11.3 Å². The van der Waals surface area contributed by atoms with Crippen molar-refractivity contribution in [3.05, 3.63) is 50.6 Å². The van der Waals surface area contributed by atoms with E-state index in [2.05, 4.69) is 15.9 Å². The third-order valence-corrected chi connectivity index (χ3v) is 5.24. The van der Waals surface area contributed by atoms with Gasteiger partial charge in [-0.3, -0.25) is 0 Å². The quantitative estimate of drug-likeness (QED) is 0.900. The summed E-state index contributed by atoms with van der Waals surface area (Å²) in [5.74, 6) is 1.02. The van der Waals surface area contributed by atoms with E-state index in [9.17, 15) is 5.11 Å². The summed E-state index contributed by atoms with van der Waals surface area (Å²) in [5, 5.41) is 12.6. The zero-order chi connectivity index (χ0) is 12.5. The molecule has 3 rings (SSSR count). The van der Waals surface area contributed by atoms with Crippen molar-refractivity contribution in [3.8, 4) is 5.75 Å². The number of halogens is 1. The molecule has 2 aromatic rings. The number of rotatable bonds is 2. The number of para-hydroxylation sites is 1. The topological polar surface area (TPSA) is 29.5 Å². The largest absolute Gasteiger partial charge is 0.493 e. The van der Waals surface area contributed by atoms with Gasteiger partial charge in [0.05, 0.1) is 12.7 Å². The molecule has 2 unspecified atom stereocenters. The number of hydrogen-bond donors (Lipinski definition) is 1. The molecule has 4 heteroatoms. The minimum atomic E-state index is -0.468. The first-order valence-corrected chi connectivity index (χ1v) is 7.57. The van der Waals surface area contributed by atoms with Gasteiger partial charge in [-0.25, -0.2) is 0 Å². The summed E-state index contributed by atoms with van der Waals surface area (Å²) in [4.78, 5) is 0.997. The lowest BCUT2D eigenvalue weighted by atomic mass is 9.87. The highest BCUT2D eigenvalue weighted by Gasteiger charge is 2.30. The van der Waals surface area contributed by atoms with Crippen molar-refractivity contribution in [2.75, 3.05) is 6.61 Å². The van der Waals surface area contributed by atoms with Crippen LogP contribution in [0.2, 0.25) is 0 Å². The van der Waals surface area contributed by atoms with Crippen molar-refractivity contribution < 1.29 is 9.84 Å². The number of aliphatic hydroxyl groups is 1. The first-order valence-electron chi connectivity index (χ1n) is 5.90. The lowest BCUT2D eigenvalue weighted by Crippen LogP contribution is -2.19. The Morgan fingerprint density at radius 2 is 2.17 bits per heavy atom. The van der Waals surface area contributed by atoms with E-state index in [4.69, 9.17) is 4.74 Å². The second-order valence-electron chi connectivity index (χ2n) is 4.36. The van der Waals surface area contributed by atoms with Crippen LogP contribution in [0.25, 0.3) is 0 Å². The maximum atomic E-state index is 10.6. The molecule has 0 bridgehead atoms. The second-order valence-corrected chi connectivity index (χ2v) is 6.16. The number of benzene rings is 1. The van der Waals surface area contributed by atoms with E-state index < -0.39 is 6.10 Å². The molecule has 18 heavy (non-hydrogen) atoms. The predicted molar refractivity (Wildman–Crippen MR) is 76.3 cm³/mol. The number of ether oxygens (including phenoxy) is 1. The Morgan fingerprint density at radius 3 is 2.94 bits per heavy atom. The van der Waals surface area contributed by atoms with Crippen LogP contribution in [-0.4, -0.2) is 11.7 Å². The molecule has 2 nitrogen and oxygen atoms in total. The minimum Gasteiger partial charge on any atom is -0.493 e. The van der Waals surface area contributed by atoms with Gasteiger partial charge in [0.15, 0.2) is 0 Å². The van der Waals surface area contributed by atoms with Crippen LogP contribution in [0.4, 0.5) is 0 Å². The van der Waals surface area contributed by atoms with Crippen LogP contribution in [0.3, 0.4) is 0 Å². The van der Waals surface area contributed by atoms with Gasteiger partial charge in [0, 0.05) is 20.8 Å². The summed E-state index contributed by atoms with van der Waals surface area (Å²) in [5.41, 5.74) is 1.11. The first-order chi connectivity index (χ1) is 8.77. The SMILES string of the molecule is OC(c1sccc1Br)C1CCOc2ccccc21. The number of thiophene rings is 1. The molecular formula is C14H13BrO2S. The van der Waals surface area contributed by atoms with Crippen LogP contribution < -0.4 is 4.74 Å². The summed E-state index contributed by atoms with van der Waals surface area (Å²) >= 11 is 5.08. The van der Waals surface area contributed by atoms with Gasteiger partial charge in [-0.2, -0.15) is 0 Å². The van der Waals surface area contributed by atoms with Crippen molar-refractivity contribution in [1.29, 1.82) is 0 Å². The molecule has 0 fully saturated rings. The molecule has 2 heterocycles. The summed E-state index contributed by atoms with van der Waals surface area (Å²) in [7, 11) is 0. The molecule has 1 aromatic heterocycles. The van der Waals surface area contributed by atoms with E-state index in [0.717, 1.165) is 27.1 Å². The van der Waals surface area contributed by atoms with Gasteiger partial charge in [-0.15, -0.1) is 11.3 Å². The highest BCUT2D eigenvalue weighted by Crippen LogP contribution is 2.44.